The van der Waals surface area contributed by atoms with Crippen LogP contribution in [0.5, 0.6) is 0 Å². The second kappa shape index (κ2) is 6.36. The normalized spacial score (nSPS) is 12.5. The molecule has 0 aliphatic rings. The van der Waals surface area contributed by atoms with Gasteiger partial charge in [-0.2, -0.15) is 0 Å². The van der Waals surface area contributed by atoms with E-state index in [1.165, 1.54) is 38.6 Å². The van der Waals surface area contributed by atoms with Gasteiger partial charge in [0.25, 0.3) is 0 Å². The average Bonchev–Trinajstić information content (AvgIpc) is 3.32. The highest BCUT2D eigenvalue weighted by Gasteiger charge is 2.16. The molecule has 0 amide bonds. The molecule has 0 saturated carbocycles. The maximum absolute atomic E-state index is 6.16. The molecule has 0 unspecified atom stereocenters. The van der Waals surface area contributed by atoms with Gasteiger partial charge in [0.05, 0.1) is 11.0 Å². The summed E-state index contributed by atoms with van der Waals surface area (Å²) in [5.74, 6) is 0. The van der Waals surface area contributed by atoms with Crippen LogP contribution in [-0.4, -0.2) is 4.57 Å². The van der Waals surface area contributed by atoms with Gasteiger partial charge in [-0.05, 0) is 61.4 Å². The lowest BCUT2D eigenvalue weighted by Gasteiger charge is -2.09. The highest BCUT2D eigenvalue weighted by Crippen LogP contribution is 2.38. The third-order valence-corrected chi connectivity index (χ3v) is 6.18. The summed E-state index contributed by atoms with van der Waals surface area (Å²) in [4.78, 5) is 0. The van der Waals surface area contributed by atoms with Crippen LogP contribution in [0.2, 0.25) is 0 Å². The molecule has 0 N–H and O–H groups in total. The van der Waals surface area contributed by atoms with Gasteiger partial charge in [0.15, 0.2) is 0 Å². The number of allylic oxidation sites excluding steroid dienone is 2. The van der Waals surface area contributed by atoms with Crippen molar-refractivity contribution in [3.8, 4) is 5.69 Å². The van der Waals surface area contributed by atoms with Crippen LogP contribution in [0.4, 0.5) is 0 Å². The average molecular weight is 387 g/mol. The molecule has 0 radical (unpaired) electrons. The Bertz CT molecular complexity index is 1590. The Labute approximate surface area is 174 Å². The van der Waals surface area contributed by atoms with Crippen molar-refractivity contribution in [3.05, 3.63) is 96.6 Å². The highest BCUT2D eigenvalue weighted by molar-refractivity contribution is 6.17. The molecule has 2 heterocycles. The van der Waals surface area contributed by atoms with E-state index in [0.717, 1.165) is 21.9 Å². The predicted octanol–water partition coefficient (Wildman–Crippen LogP) is 8.11. The van der Waals surface area contributed by atoms with Crippen molar-refractivity contribution in [2.45, 2.75) is 13.8 Å². The van der Waals surface area contributed by atoms with Gasteiger partial charge in [0.1, 0.15) is 11.2 Å². The zero-order chi connectivity index (χ0) is 20.2. The molecule has 0 bridgehead atoms. The van der Waals surface area contributed by atoms with Crippen molar-refractivity contribution in [2.24, 2.45) is 0 Å². The number of benzene rings is 4. The van der Waals surface area contributed by atoms with E-state index in [9.17, 15) is 0 Å². The van der Waals surface area contributed by atoms with Crippen LogP contribution in [0.3, 0.4) is 0 Å². The lowest BCUT2D eigenvalue weighted by atomic mass is 10.1. The molecular formula is C28H21NO. The maximum atomic E-state index is 6.16. The van der Waals surface area contributed by atoms with Gasteiger partial charge >= 0.3 is 0 Å². The van der Waals surface area contributed by atoms with E-state index in [1.54, 1.807) is 0 Å². The minimum Gasteiger partial charge on any atom is -0.456 e. The number of fused-ring (bicyclic) bond motifs is 6. The molecular weight excluding hydrogens is 366 g/mol. The van der Waals surface area contributed by atoms with Gasteiger partial charge in [-0.3, -0.25) is 0 Å². The molecule has 2 nitrogen and oxygen atoms in total. The van der Waals surface area contributed by atoms with Gasteiger partial charge in [-0.1, -0.05) is 54.6 Å². The number of hydrogen-bond donors (Lipinski definition) is 0. The zero-order valence-electron chi connectivity index (χ0n) is 17.0. The molecule has 0 aliphatic heterocycles. The molecule has 0 atom stereocenters. The van der Waals surface area contributed by atoms with Crippen molar-refractivity contribution in [1.82, 2.24) is 4.57 Å². The summed E-state index contributed by atoms with van der Waals surface area (Å²) in [5, 5.41) is 4.77. The third-order valence-electron chi connectivity index (χ3n) is 6.18. The zero-order valence-corrected chi connectivity index (χ0v) is 17.0. The lowest BCUT2D eigenvalue weighted by molar-refractivity contribution is 0.669. The second-order valence-electron chi connectivity index (χ2n) is 7.83. The first kappa shape index (κ1) is 17.1. The van der Waals surface area contributed by atoms with E-state index in [2.05, 4.69) is 97.3 Å². The van der Waals surface area contributed by atoms with Crippen LogP contribution in [0.15, 0.2) is 95.4 Å². The monoisotopic (exact) mass is 387 g/mol. The molecule has 4 aromatic carbocycles. The fourth-order valence-electron chi connectivity index (χ4n) is 4.51. The van der Waals surface area contributed by atoms with Crippen LogP contribution < -0.4 is 0 Å². The van der Waals surface area contributed by atoms with E-state index in [-0.39, 0.29) is 0 Å². The van der Waals surface area contributed by atoms with E-state index >= 15 is 0 Å². The second-order valence-corrected chi connectivity index (χ2v) is 7.83. The Morgan fingerprint density at radius 1 is 0.700 bits per heavy atom. The number of rotatable bonds is 2. The minimum atomic E-state index is 0.933. The fourth-order valence-corrected chi connectivity index (χ4v) is 4.51. The maximum Gasteiger partial charge on any atom is 0.136 e. The Balaban J connectivity index is 1.71. The molecule has 0 fully saturated rings. The number of furan rings is 1. The Kier molecular flexibility index (Phi) is 3.63. The summed E-state index contributed by atoms with van der Waals surface area (Å²) >= 11 is 0. The summed E-state index contributed by atoms with van der Waals surface area (Å²) in [6.07, 6.45) is 2.15. The van der Waals surface area contributed by atoms with Crippen molar-refractivity contribution in [1.29, 1.82) is 0 Å². The Morgan fingerprint density at radius 2 is 1.43 bits per heavy atom. The van der Waals surface area contributed by atoms with Crippen molar-refractivity contribution >= 4 is 49.3 Å². The smallest absolute Gasteiger partial charge is 0.136 e. The van der Waals surface area contributed by atoms with Crippen LogP contribution in [-0.2, 0) is 0 Å². The molecule has 2 heteroatoms. The molecule has 0 spiro atoms. The Morgan fingerprint density at radius 3 is 2.23 bits per heavy atom. The first-order valence-electron chi connectivity index (χ1n) is 10.3. The highest BCUT2D eigenvalue weighted by atomic mass is 16.3. The van der Waals surface area contributed by atoms with Crippen LogP contribution in [0.25, 0.3) is 55.0 Å². The Hall–Kier alpha value is -3.78. The van der Waals surface area contributed by atoms with Crippen molar-refractivity contribution < 1.29 is 4.42 Å². The number of nitrogens with zero attached hydrogens (tertiary/aromatic N) is 1. The summed E-state index contributed by atoms with van der Waals surface area (Å²) in [6.45, 7) is 4.23. The summed E-state index contributed by atoms with van der Waals surface area (Å²) < 4.78 is 8.53. The fraction of sp³-hybridized carbons (Fsp3) is 0.0714. The largest absolute Gasteiger partial charge is 0.456 e. The summed E-state index contributed by atoms with van der Waals surface area (Å²) in [6, 6.07) is 30.2. The molecule has 2 aromatic heterocycles. The summed E-state index contributed by atoms with van der Waals surface area (Å²) in [7, 11) is 0. The van der Waals surface area contributed by atoms with Gasteiger partial charge in [0, 0.05) is 27.2 Å². The lowest BCUT2D eigenvalue weighted by Crippen LogP contribution is -1.94. The molecule has 0 saturated heterocycles. The first-order valence-corrected chi connectivity index (χ1v) is 10.3. The molecule has 6 rings (SSSR count). The van der Waals surface area contributed by atoms with E-state index in [1.807, 2.05) is 12.1 Å². The van der Waals surface area contributed by atoms with E-state index in [4.69, 9.17) is 4.42 Å². The van der Waals surface area contributed by atoms with Crippen LogP contribution >= 0.6 is 0 Å². The van der Waals surface area contributed by atoms with Gasteiger partial charge < -0.3 is 8.98 Å². The first-order chi connectivity index (χ1) is 14.7. The molecule has 144 valence electrons. The number of aromatic nitrogens is 1. The number of para-hydroxylation sites is 2. The molecule has 30 heavy (non-hydrogen) atoms. The topological polar surface area (TPSA) is 18.1 Å². The quantitative estimate of drug-likeness (QED) is 0.293. The van der Waals surface area contributed by atoms with Crippen molar-refractivity contribution in [2.75, 3.05) is 0 Å². The van der Waals surface area contributed by atoms with Crippen LogP contribution in [0.1, 0.15) is 19.4 Å². The predicted molar refractivity (Wildman–Crippen MR) is 127 cm³/mol. The molecule has 6 aromatic rings. The van der Waals surface area contributed by atoms with Crippen LogP contribution in [0, 0.1) is 0 Å². The summed E-state index contributed by atoms with van der Waals surface area (Å²) in [5.41, 5.74) is 7.99. The van der Waals surface area contributed by atoms with Gasteiger partial charge in [-0.25, -0.2) is 0 Å². The van der Waals surface area contributed by atoms with E-state index < -0.39 is 0 Å². The van der Waals surface area contributed by atoms with Crippen molar-refractivity contribution in [3.63, 3.8) is 0 Å². The standard InChI is InChI=1S/C28H21NO/c1-3-18(2)19-12-14-20(15-13-19)29-25-10-6-4-8-21(25)23-17-28-24(16-26(23)29)22-9-5-7-11-27(22)30-28/h3-17H,1-2H3. The van der Waals surface area contributed by atoms with E-state index in [0.29, 0.717) is 0 Å². The molecule has 0 aliphatic carbocycles. The van der Waals surface area contributed by atoms with Gasteiger partial charge in [0.2, 0.25) is 0 Å². The minimum absolute atomic E-state index is 0.933. The number of hydrogen-bond acceptors (Lipinski definition) is 1. The third kappa shape index (κ3) is 2.37. The van der Waals surface area contributed by atoms with Gasteiger partial charge in [-0.15, -0.1) is 0 Å². The SMILES string of the molecule is CC=C(C)c1ccc(-n2c3ccccc3c3cc4oc5ccccc5c4cc32)cc1.